The van der Waals surface area contributed by atoms with Gasteiger partial charge in [-0.05, 0) is 71.7 Å². The zero-order valence-electron chi connectivity index (χ0n) is 21.7. The van der Waals surface area contributed by atoms with E-state index in [4.69, 9.17) is 10.2 Å². The van der Waals surface area contributed by atoms with Gasteiger partial charge in [0.1, 0.15) is 17.2 Å². The molecule has 0 aromatic heterocycles. The zero-order chi connectivity index (χ0) is 25.3. The lowest BCUT2D eigenvalue weighted by atomic mass is 10.0. The average Bonchev–Trinajstić information content (AvgIpc) is 2.81. The fourth-order valence-electron chi connectivity index (χ4n) is 3.43. The number of phenolic OH excluding ortho intramolecular Hbond substituents is 3. The maximum atomic E-state index is 9.28. The molecule has 186 valence electrons. The molecule has 0 aliphatic heterocycles. The van der Waals surface area contributed by atoms with E-state index in [1.54, 1.807) is 30.3 Å². The number of aromatic hydroxyl groups is 3. The molecule has 3 aromatic rings. The van der Waals surface area contributed by atoms with Crippen LogP contribution in [0.3, 0.4) is 0 Å². The van der Waals surface area contributed by atoms with Crippen LogP contribution in [0.15, 0.2) is 72.8 Å². The summed E-state index contributed by atoms with van der Waals surface area (Å²) in [7, 11) is 0. The lowest BCUT2D eigenvalue weighted by molar-refractivity contribution is 0.465. The fourth-order valence-corrected chi connectivity index (χ4v) is 3.43. The smallest absolute Gasteiger partial charge is 0.119 e. The Kier molecular flexibility index (Phi) is 14.2. The normalized spacial score (nSPS) is 10.3. The molecule has 3 aromatic carbocycles. The summed E-state index contributed by atoms with van der Waals surface area (Å²) in [5.74, 6) is 2.04. The summed E-state index contributed by atoms with van der Waals surface area (Å²) in [5.41, 5.74) is 3.61. The van der Waals surface area contributed by atoms with Crippen LogP contribution in [0, 0.1) is 0 Å². The number of hydrogen-bond donors (Lipinski definition) is 3. The molecule has 0 aliphatic carbocycles. The van der Waals surface area contributed by atoms with E-state index in [9.17, 15) is 5.11 Å². The van der Waals surface area contributed by atoms with Gasteiger partial charge in [0, 0.05) is 0 Å². The van der Waals surface area contributed by atoms with Crippen molar-refractivity contribution >= 4 is 0 Å². The Morgan fingerprint density at radius 1 is 0.588 bits per heavy atom. The van der Waals surface area contributed by atoms with E-state index < -0.39 is 0 Å². The Balaban J connectivity index is 0.000000261. The largest absolute Gasteiger partial charge is 0.508 e. The van der Waals surface area contributed by atoms with Crippen molar-refractivity contribution in [1.82, 2.24) is 0 Å². The van der Waals surface area contributed by atoms with Crippen molar-refractivity contribution in [2.45, 2.75) is 85.0 Å². The highest BCUT2D eigenvalue weighted by molar-refractivity contribution is 5.34. The third kappa shape index (κ3) is 12.3. The Hall–Kier alpha value is -2.94. The van der Waals surface area contributed by atoms with Gasteiger partial charge in [-0.1, -0.05) is 103 Å². The van der Waals surface area contributed by atoms with Crippen LogP contribution in [0.2, 0.25) is 0 Å². The van der Waals surface area contributed by atoms with E-state index in [1.807, 2.05) is 42.5 Å². The van der Waals surface area contributed by atoms with Crippen molar-refractivity contribution in [2.75, 3.05) is 0 Å². The minimum Gasteiger partial charge on any atom is -0.508 e. The summed E-state index contributed by atoms with van der Waals surface area (Å²) in [4.78, 5) is 0. The van der Waals surface area contributed by atoms with E-state index in [0.717, 1.165) is 12.0 Å². The summed E-state index contributed by atoms with van der Waals surface area (Å²) in [6.45, 7) is 10.6. The molecule has 0 fully saturated rings. The van der Waals surface area contributed by atoms with Gasteiger partial charge in [0.15, 0.2) is 0 Å². The van der Waals surface area contributed by atoms with Crippen LogP contribution in [-0.2, 0) is 6.42 Å². The Morgan fingerprint density at radius 3 is 1.59 bits per heavy atom. The predicted octanol–water partition coefficient (Wildman–Crippen LogP) is 8.94. The molecule has 0 bridgehead atoms. The van der Waals surface area contributed by atoms with Gasteiger partial charge in [0.05, 0.1) is 0 Å². The van der Waals surface area contributed by atoms with Crippen molar-refractivity contribution in [3.63, 3.8) is 0 Å². The molecule has 3 rings (SSSR count). The molecule has 3 heteroatoms. The van der Waals surface area contributed by atoms with Crippen molar-refractivity contribution in [3.8, 4) is 17.2 Å². The topological polar surface area (TPSA) is 60.7 Å². The third-order valence-corrected chi connectivity index (χ3v) is 5.62. The number of phenols is 3. The van der Waals surface area contributed by atoms with Crippen LogP contribution in [0.4, 0.5) is 0 Å². The molecule has 0 saturated heterocycles. The Bertz CT molecular complexity index is 897. The van der Waals surface area contributed by atoms with Crippen LogP contribution < -0.4 is 0 Å². The molecule has 0 unspecified atom stereocenters. The van der Waals surface area contributed by atoms with E-state index in [2.05, 4.69) is 34.6 Å². The van der Waals surface area contributed by atoms with Crippen LogP contribution >= 0.6 is 0 Å². The maximum absolute atomic E-state index is 9.28. The monoisotopic (exact) mass is 464 g/mol. The quantitative estimate of drug-likeness (QED) is 0.292. The summed E-state index contributed by atoms with van der Waals surface area (Å²) >= 11 is 0. The molecule has 3 N–H and O–H groups in total. The number of hydrogen-bond acceptors (Lipinski definition) is 3. The van der Waals surface area contributed by atoms with Gasteiger partial charge < -0.3 is 15.3 Å². The Morgan fingerprint density at radius 2 is 1.12 bits per heavy atom. The summed E-state index contributed by atoms with van der Waals surface area (Å²) in [6.07, 6.45) is 7.76. The molecule has 34 heavy (non-hydrogen) atoms. The number of para-hydroxylation sites is 1. The van der Waals surface area contributed by atoms with Crippen molar-refractivity contribution in [3.05, 3.63) is 89.5 Å². The zero-order valence-corrected chi connectivity index (χ0v) is 21.7. The van der Waals surface area contributed by atoms with Gasteiger partial charge in [-0.2, -0.15) is 0 Å². The molecule has 0 aliphatic rings. The van der Waals surface area contributed by atoms with Crippen molar-refractivity contribution in [2.24, 2.45) is 0 Å². The number of aryl methyl sites for hydroxylation is 1. The van der Waals surface area contributed by atoms with Crippen LogP contribution in [0.5, 0.6) is 17.2 Å². The highest BCUT2D eigenvalue weighted by atomic mass is 16.3. The van der Waals surface area contributed by atoms with Crippen LogP contribution in [0.1, 0.15) is 95.2 Å². The fraction of sp³-hybridized carbons (Fsp3) is 0.419. The first-order valence-electron chi connectivity index (χ1n) is 12.6. The summed E-state index contributed by atoms with van der Waals surface area (Å²) in [6, 6.07) is 22.3. The first-order chi connectivity index (χ1) is 16.2. The molecule has 0 atom stereocenters. The van der Waals surface area contributed by atoms with Gasteiger partial charge in [0.25, 0.3) is 0 Å². The maximum Gasteiger partial charge on any atom is 0.119 e. The second-order valence-corrected chi connectivity index (χ2v) is 9.29. The molecule has 3 nitrogen and oxygen atoms in total. The third-order valence-electron chi connectivity index (χ3n) is 5.62. The second-order valence-electron chi connectivity index (χ2n) is 9.29. The van der Waals surface area contributed by atoms with Gasteiger partial charge >= 0.3 is 0 Å². The molecular formula is C31H44O3. The highest BCUT2D eigenvalue weighted by Crippen LogP contribution is 2.23. The molecule has 0 radical (unpaired) electrons. The van der Waals surface area contributed by atoms with Crippen molar-refractivity contribution < 1.29 is 15.3 Å². The standard InChI is InChI=1S/C13H20O.2C9H12O/c1-2-3-4-5-6-7-12-8-10-13(14)11-9-12;1-7(2)8-3-5-9(10)6-4-8;1-7(2)8-5-3-4-6-9(8)10/h8-11,14H,2-7H2,1H3;2*3-7,10H,1-2H3. The minimum atomic E-state index is 0.337. The highest BCUT2D eigenvalue weighted by Gasteiger charge is 2.02. The SMILES string of the molecule is CC(C)c1ccc(O)cc1.CC(C)c1ccccc1O.CCCCCCCc1ccc(O)cc1. The first-order valence-corrected chi connectivity index (χ1v) is 12.6. The number of benzene rings is 3. The molecule has 0 amide bonds. The number of unbranched alkanes of at least 4 members (excludes halogenated alkanes) is 4. The second kappa shape index (κ2) is 16.6. The van der Waals surface area contributed by atoms with E-state index in [1.165, 1.54) is 43.2 Å². The lowest BCUT2D eigenvalue weighted by Gasteiger charge is -2.05. The van der Waals surface area contributed by atoms with Gasteiger partial charge in [0.2, 0.25) is 0 Å². The van der Waals surface area contributed by atoms with Gasteiger partial charge in [-0.25, -0.2) is 0 Å². The summed E-state index contributed by atoms with van der Waals surface area (Å²) in [5, 5.41) is 27.3. The van der Waals surface area contributed by atoms with E-state index in [-0.39, 0.29) is 0 Å². The lowest BCUT2D eigenvalue weighted by Crippen LogP contribution is -1.85. The molecular weight excluding hydrogens is 420 g/mol. The predicted molar refractivity (Wildman–Crippen MR) is 145 cm³/mol. The molecule has 0 spiro atoms. The van der Waals surface area contributed by atoms with Crippen LogP contribution in [-0.4, -0.2) is 15.3 Å². The Labute approximate surface area is 207 Å². The van der Waals surface area contributed by atoms with Crippen molar-refractivity contribution in [1.29, 1.82) is 0 Å². The van der Waals surface area contributed by atoms with Gasteiger partial charge in [-0.15, -0.1) is 0 Å². The summed E-state index contributed by atoms with van der Waals surface area (Å²) < 4.78 is 0. The molecule has 0 saturated carbocycles. The van der Waals surface area contributed by atoms with Gasteiger partial charge in [-0.3, -0.25) is 0 Å². The molecule has 0 heterocycles. The van der Waals surface area contributed by atoms with Crippen LogP contribution in [0.25, 0.3) is 0 Å². The van der Waals surface area contributed by atoms with E-state index >= 15 is 0 Å². The van der Waals surface area contributed by atoms with E-state index in [0.29, 0.717) is 29.1 Å². The first kappa shape index (κ1) is 29.1. The minimum absolute atomic E-state index is 0.337. The average molecular weight is 465 g/mol. The number of rotatable bonds is 8.